The SMILES string of the molecule is COc1cc(Br)cc(SC)c1F. The van der Waals surface area contributed by atoms with E-state index in [4.69, 9.17) is 4.74 Å². The molecule has 66 valence electrons. The molecule has 0 unspecified atom stereocenters. The molecule has 0 atom stereocenters. The van der Waals surface area contributed by atoms with Crippen LogP contribution in [0.15, 0.2) is 21.5 Å². The zero-order valence-electron chi connectivity index (χ0n) is 6.73. The average molecular weight is 251 g/mol. The molecule has 1 nitrogen and oxygen atoms in total. The van der Waals surface area contributed by atoms with Gasteiger partial charge in [0.25, 0.3) is 0 Å². The maximum Gasteiger partial charge on any atom is 0.178 e. The predicted molar refractivity (Wildman–Crippen MR) is 52.4 cm³/mol. The second-order valence-corrected chi connectivity index (χ2v) is 3.89. The summed E-state index contributed by atoms with van der Waals surface area (Å²) in [5.74, 6) is -0.0260. The van der Waals surface area contributed by atoms with E-state index in [2.05, 4.69) is 15.9 Å². The van der Waals surface area contributed by atoms with Crippen LogP contribution in [0.2, 0.25) is 0 Å². The molecule has 4 heteroatoms. The summed E-state index contributed by atoms with van der Waals surface area (Å²) in [6.45, 7) is 0. The Hall–Kier alpha value is -0.220. The third-order valence-electron chi connectivity index (χ3n) is 1.41. The van der Waals surface area contributed by atoms with Gasteiger partial charge in [-0.3, -0.25) is 0 Å². The van der Waals surface area contributed by atoms with Crippen molar-refractivity contribution in [1.82, 2.24) is 0 Å². The van der Waals surface area contributed by atoms with Gasteiger partial charge in [-0.15, -0.1) is 11.8 Å². The molecule has 0 saturated carbocycles. The molecule has 0 radical (unpaired) electrons. The molecule has 0 aliphatic rings. The third kappa shape index (κ3) is 1.93. The Morgan fingerprint density at radius 3 is 2.67 bits per heavy atom. The molecule has 0 heterocycles. The summed E-state index contributed by atoms with van der Waals surface area (Å²) < 4.78 is 19.0. The quantitative estimate of drug-likeness (QED) is 0.745. The van der Waals surface area contributed by atoms with Crippen LogP contribution >= 0.6 is 27.7 Å². The Bertz CT molecular complexity index is 265. The average Bonchev–Trinajstić information content (AvgIpc) is 2.08. The van der Waals surface area contributed by atoms with E-state index in [0.717, 1.165) is 4.47 Å². The fourth-order valence-electron chi connectivity index (χ4n) is 0.837. The molecule has 0 fully saturated rings. The Labute approximate surface area is 83.4 Å². The van der Waals surface area contributed by atoms with E-state index in [1.807, 2.05) is 6.26 Å². The molecule has 0 spiro atoms. The highest BCUT2D eigenvalue weighted by Gasteiger charge is 2.08. The second kappa shape index (κ2) is 4.14. The number of hydrogen-bond acceptors (Lipinski definition) is 2. The van der Waals surface area contributed by atoms with Crippen molar-refractivity contribution in [2.45, 2.75) is 4.90 Å². The summed E-state index contributed by atoms with van der Waals surface area (Å²) in [6.07, 6.45) is 1.82. The van der Waals surface area contributed by atoms with Crippen LogP contribution in [0.5, 0.6) is 5.75 Å². The topological polar surface area (TPSA) is 9.23 Å². The highest BCUT2D eigenvalue weighted by atomic mass is 79.9. The van der Waals surface area contributed by atoms with Crippen molar-refractivity contribution < 1.29 is 9.13 Å². The fraction of sp³-hybridized carbons (Fsp3) is 0.250. The highest BCUT2D eigenvalue weighted by Crippen LogP contribution is 2.30. The summed E-state index contributed by atoms with van der Waals surface area (Å²) in [5.41, 5.74) is 0. The van der Waals surface area contributed by atoms with Crippen LogP contribution < -0.4 is 4.74 Å². The van der Waals surface area contributed by atoms with Crippen molar-refractivity contribution in [2.24, 2.45) is 0 Å². The molecular weight excluding hydrogens is 243 g/mol. The lowest BCUT2D eigenvalue weighted by Crippen LogP contribution is -1.90. The summed E-state index contributed by atoms with van der Waals surface area (Å²) in [7, 11) is 1.45. The van der Waals surface area contributed by atoms with E-state index in [-0.39, 0.29) is 11.6 Å². The van der Waals surface area contributed by atoms with E-state index < -0.39 is 0 Å². The Balaban J connectivity index is 3.22. The molecule has 1 aromatic carbocycles. The van der Waals surface area contributed by atoms with Gasteiger partial charge in [-0.25, -0.2) is 4.39 Å². The lowest BCUT2D eigenvalue weighted by Gasteiger charge is -2.05. The summed E-state index contributed by atoms with van der Waals surface area (Å²) in [5, 5.41) is 0. The zero-order chi connectivity index (χ0) is 9.14. The zero-order valence-corrected chi connectivity index (χ0v) is 9.13. The summed E-state index contributed by atoms with van der Waals surface area (Å²) in [6, 6.07) is 3.33. The van der Waals surface area contributed by atoms with E-state index in [0.29, 0.717) is 4.90 Å². The number of thioether (sulfide) groups is 1. The van der Waals surface area contributed by atoms with E-state index in [1.165, 1.54) is 18.9 Å². The number of halogens is 2. The first kappa shape index (κ1) is 9.86. The van der Waals surface area contributed by atoms with Gasteiger partial charge in [0.05, 0.1) is 7.11 Å². The molecule has 0 N–H and O–H groups in total. The van der Waals surface area contributed by atoms with Crippen LogP contribution in [-0.4, -0.2) is 13.4 Å². The van der Waals surface area contributed by atoms with Crippen LogP contribution in [0.3, 0.4) is 0 Å². The van der Waals surface area contributed by atoms with Gasteiger partial charge in [-0.1, -0.05) is 15.9 Å². The van der Waals surface area contributed by atoms with Crippen LogP contribution in [0.25, 0.3) is 0 Å². The normalized spacial score (nSPS) is 10.0. The summed E-state index contributed by atoms with van der Waals surface area (Å²) >= 11 is 4.62. The van der Waals surface area contributed by atoms with Gasteiger partial charge in [0.2, 0.25) is 0 Å². The van der Waals surface area contributed by atoms with Crippen molar-refractivity contribution in [2.75, 3.05) is 13.4 Å². The van der Waals surface area contributed by atoms with Gasteiger partial charge >= 0.3 is 0 Å². The maximum absolute atomic E-state index is 13.3. The Morgan fingerprint density at radius 1 is 1.50 bits per heavy atom. The molecule has 0 saturated heterocycles. The Morgan fingerprint density at radius 2 is 2.17 bits per heavy atom. The van der Waals surface area contributed by atoms with Crippen LogP contribution in [0, 0.1) is 5.82 Å². The highest BCUT2D eigenvalue weighted by molar-refractivity contribution is 9.10. The van der Waals surface area contributed by atoms with Crippen LogP contribution in [0.1, 0.15) is 0 Å². The number of ether oxygens (including phenoxy) is 1. The molecule has 0 aromatic heterocycles. The molecule has 0 amide bonds. The lowest BCUT2D eigenvalue weighted by molar-refractivity contribution is 0.381. The van der Waals surface area contributed by atoms with Crippen molar-refractivity contribution in [3.8, 4) is 5.75 Å². The minimum Gasteiger partial charge on any atom is -0.494 e. The largest absolute Gasteiger partial charge is 0.494 e. The number of methoxy groups -OCH3 is 1. The first-order valence-corrected chi connectivity index (χ1v) is 5.28. The number of hydrogen-bond donors (Lipinski definition) is 0. The first-order valence-electron chi connectivity index (χ1n) is 3.26. The minimum atomic E-state index is -0.298. The first-order chi connectivity index (χ1) is 5.69. The predicted octanol–water partition coefficient (Wildman–Crippen LogP) is 3.32. The van der Waals surface area contributed by atoms with Crippen molar-refractivity contribution in [3.05, 3.63) is 22.4 Å². The van der Waals surface area contributed by atoms with Crippen LogP contribution in [0.4, 0.5) is 4.39 Å². The van der Waals surface area contributed by atoms with Crippen molar-refractivity contribution in [1.29, 1.82) is 0 Å². The van der Waals surface area contributed by atoms with E-state index in [1.54, 1.807) is 12.1 Å². The molecular formula is C8H8BrFOS. The van der Waals surface area contributed by atoms with Crippen molar-refractivity contribution in [3.63, 3.8) is 0 Å². The van der Waals surface area contributed by atoms with Crippen molar-refractivity contribution >= 4 is 27.7 Å². The Kier molecular flexibility index (Phi) is 3.40. The number of rotatable bonds is 2. The van der Waals surface area contributed by atoms with E-state index in [9.17, 15) is 4.39 Å². The smallest absolute Gasteiger partial charge is 0.178 e. The second-order valence-electron chi connectivity index (χ2n) is 2.12. The van der Waals surface area contributed by atoms with Crippen LogP contribution in [-0.2, 0) is 0 Å². The van der Waals surface area contributed by atoms with Gasteiger partial charge in [0.1, 0.15) is 0 Å². The maximum atomic E-state index is 13.3. The number of benzene rings is 1. The third-order valence-corrected chi connectivity index (χ3v) is 2.61. The fourth-order valence-corrected chi connectivity index (χ4v) is 1.95. The molecule has 0 aliphatic heterocycles. The molecule has 12 heavy (non-hydrogen) atoms. The molecule has 1 rings (SSSR count). The van der Waals surface area contributed by atoms with Gasteiger partial charge in [0.15, 0.2) is 11.6 Å². The summed E-state index contributed by atoms with van der Waals surface area (Å²) in [4.78, 5) is 0.584. The van der Waals surface area contributed by atoms with Gasteiger partial charge < -0.3 is 4.74 Å². The monoisotopic (exact) mass is 250 g/mol. The van der Waals surface area contributed by atoms with Gasteiger partial charge in [-0.2, -0.15) is 0 Å². The standard InChI is InChI=1S/C8H8BrFOS/c1-11-6-3-5(9)4-7(12-2)8(6)10/h3-4H,1-2H3. The van der Waals surface area contributed by atoms with E-state index >= 15 is 0 Å². The molecule has 0 bridgehead atoms. The minimum absolute atomic E-state index is 0.272. The lowest BCUT2D eigenvalue weighted by atomic mass is 10.3. The molecule has 1 aromatic rings. The van der Waals surface area contributed by atoms with Gasteiger partial charge in [-0.05, 0) is 18.4 Å². The van der Waals surface area contributed by atoms with Gasteiger partial charge in [0, 0.05) is 9.37 Å². The molecule has 0 aliphatic carbocycles.